The average Bonchev–Trinajstić information content (AvgIpc) is 2.33. The third kappa shape index (κ3) is 1.23. The summed E-state index contributed by atoms with van der Waals surface area (Å²) < 4.78 is 1.40. The van der Waals surface area contributed by atoms with Crippen LogP contribution in [0.25, 0.3) is 0 Å². The largest absolute Gasteiger partial charge is 0.390 e. The Morgan fingerprint density at radius 3 is 3.11 bits per heavy atom. The minimum absolute atomic E-state index is 0.0385. The van der Waals surface area contributed by atoms with E-state index in [2.05, 4.69) is 5.10 Å². The van der Waals surface area contributed by atoms with E-state index in [1.54, 1.807) is 12.3 Å². The second kappa shape index (κ2) is 2.85. The lowest BCUT2D eigenvalue weighted by Gasteiger charge is -1.95. The smallest absolute Gasteiger partial charge is 0.162 e. The Hall–Kier alpha value is -0.540. The standard InChI is InChI=1S/C5H6ClN2O/c6-4-8-5(3-9)1-2-7-8/h1-2,4,9H,3H2. The molecule has 0 atom stereocenters. The van der Waals surface area contributed by atoms with Crippen LogP contribution in [-0.2, 0) is 6.61 Å². The van der Waals surface area contributed by atoms with Crippen molar-refractivity contribution in [3.05, 3.63) is 24.0 Å². The van der Waals surface area contributed by atoms with Gasteiger partial charge in [-0.1, -0.05) is 11.6 Å². The van der Waals surface area contributed by atoms with E-state index < -0.39 is 0 Å². The topological polar surface area (TPSA) is 38.1 Å². The number of halogens is 1. The zero-order valence-corrected chi connectivity index (χ0v) is 5.41. The Labute approximate surface area is 57.9 Å². The van der Waals surface area contributed by atoms with Crippen LogP contribution in [0, 0.1) is 6.00 Å². The predicted molar refractivity (Wildman–Crippen MR) is 33.7 cm³/mol. The first-order chi connectivity index (χ1) is 4.38. The molecule has 0 aliphatic heterocycles. The molecule has 0 unspecified atom stereocenters. The molecule has 1 N–H and O–H groups in total. The summed E-state index contributed by atoms with van der Waals surface area (Å²) in [6.45, 7) is -0.0385. The van der Waals surface area contributed by atoms with E-state index in [0.717, 1.165) is 0 Å². The van der Waals surface area contributed by atoms with Crippen LogP contribution in [-0.4, -0.2) is 14.9 Å². The maximum atomic E-state index is 8.60. The molecule has 4 heteroatoms. The molecule has 0 aliphatic carbocycles. The molecule has 0 bridgehead atoms. The van der Waals surface area contributed by atoms with Crippen LogP contribution < -0.4 is 0 Å². The minimum atomic E-state index is -0.0385. The van der Waals surface area contributed by atoms with Gasteiger partial charge < -0.3 is 5.11 Å². The fourth-order valence-corrected chi connectivity index (χ4v) is 0.730. The van der Waals surface area contributed by atoms with Gasteiger partial charge in [0.15, 0.2) is 6.00 Å². The molecule has 1 rings (SSSR count). The van der Waals surface area contributed by atoms with Crippen LogP contribution in [0.5, 0.6) is 0 Å². The number of aliphatic hydroxyl groups is 1. The van der Waals surface area contributed by atoms with Crippen LogP contribution >= 0.6 is 11.6 Å². The highest BCUT2D eigenvalue weighted by Gasteiger charge is 1.96. The van der Waals surface area contributed by atoms with Crippen molar-refractivity contribution in [1.82, 2.24) is 9.78 Å². The first kappa shape index (κ1) is 6.58. The highest BCUT2D eigenvalue weighted by molar-refractivity contribution is 6.22. The number of hydrogen-bond donors (Lipinski definition) is 1. The van der Waals surface area contributed by atoms with Crippen molar-refractivity contribution in [3.8, 4) is 0 Å². The number of nitrogens with zero attached hydrogens (tertiary/aromatic N) is 2. The summed E-state index contributed by atoms with van der Waals surface area (Å²) in [5.41, 5.74) is 0.685. The molecule has 0 saturated heterocycles. The normalized spacial score (nSPS) is 10.0. The zero-order chi connectivity index (χ0) is 6.69. The second-order valence-electron chi connectivity index (χ2n) is 1.52. The van der Waals surface area contributed by atoms with Gasteiger partial charge in [-0.25, -0.2) is 4.68 Å². The Morgan fingerprint density at radius 2 is 2.67 bits per heavy atom. The van der Waals surface area contributed by atoms with Gasteiger partial charge in [0.2, 0.25) is 0 Å². The maximum Gasteiger partial charge on any atom is 0.162 e. The van der Waals surface area contributed by atoms with Crippen LogP contribution in [0.15, 0.2) is 12.3 Å². The Bertz CT molecular complexity index is 168. The summed E-state index contributed by atoms with van der Waals surface area (Å²) in [7, 11) is 0. The van der Waals surface area contributed by atoms with Gasteiger partial charge >= 0.3 is 0 Å². The lowest BCUT2D eigenvalue weighted by atomic mass is 10.5. The van der Waals surface area contributed by atoms with Gasteiger partial charge in [0.05, 0.1) is 12.3 Å². The second-order valence-corrected chi connectivity index (χ2v) is 1.72. The average molecular weight is 146 g/mol. The van der Waals surface area contributed by atoms with Crippen LogP contribution in [0.4, 0.5) is 0 Å². The van der Waals surface area contributed by atoms with Crippen molar-refractivity contribution >= 4 is 11.6 Å². The lowest BCUT2D eigenvalue weighted by molar-refractivity contribution is 0.272. The van der Waals surface area contributed by atoms with E-state index in [1.807, 2.05) is 0 Å². The van der Waals surface area contributed by atoms with E-state index >= 15 is 0 Å². The molecular formula is C5H6ClN2O. The maximum absolute atomic E-state index is 8.60. The molecule has 0 fully saturated rings. The third-order valence-electron chi connectivity index (χ3n) is 1.01. The highest BCUT2D eigenvalue weighted by atomic mass is 35.5. The van der Waals surface area contributed by atoms with E-state index in [0.29, 0.717) is 5.69 Å². The van der Waals surface area contributed by atoms with Crippen molar-refractivity contribution in [2.45, 2.75) is 6.61 Å². The lowest BCUT2D eigenvalue weighted by Crippen LogP contribution is -1.98. The molecule has 0 aromatic carbocycles. The molecule has 9 heavy (non-hydrogen) atoms. The van der Waals surface area contributed by atoms with E-state index in [-0.39, 0.29) is 6.61 Å². The summed E-state index contributed by atoms with van der Waals surface area (Å²) in [4.78, 5) is 0. The Kier molecular flexibility index (Phi) is 2.08. The number of aromatic nitrogens is 2. The zero-order valence-electron chi connectivity index (χ0n) is 4.66. The molecule has 0 amide bonds. The molecular weight excluding hydrogens is 140 g/mol. The van der Waals surface area contributed by atoms with Gasteiger partial charge in [0.1, 0.15) is 0 Å². The fraction of sp³-hybridized carbons (Fsp3) is 0.200. The fourth-order valence-electron chi connectivity index (χ4n) is 0.555. The third-order valence-corrected chi connectivity index (χ3v) is 1.19. The van der Waals surface area contributed by atoms with Crippen LogP contribution in [0.2, 0.25) is 0 Å². The Balaban J connectivity index is 2.85. The number of rotatable bonds is 2. The summed E-state index contributed by atoms with van der Waals surface area (Å²) in [5.74, 6) is 0. The summed E-state index contributed by atoms with van der Waals surface area (Å²) in [6, 6.07) is 2.96. The van der Waals surface area contributed by atoms with E-state index in [1.165, 1.54) is 10.7 Å². The van der Waals surface area contributed by atoms with Crippen molar-refractivity contribution in [1.29, 1.82) is 0 Å². The summed E-state index contributed by atoms with van der Waals surface area (Å²) in [5, 5.41) is 12.4. The number of hydrogen-bond acceptors (Lipinski definition) is 2. The van der Waals surface area contributed by atoms with Crippen molar-refractivity contribution < 1.29 is 5.11 Å². The van der Waals surface area contributed by atoms with Gasteiger partial charge in [-0.3, -0.25) is 0 Å². The van der Waals surface area contributed by atoms with Crippen LogP contribution in [0.1, 0.15) is 5.69 Å². The molecule has 3 nitrogen and oxygen atoms in total. The molecule has 1 aromatic heterocycles. The molecule has 1 heterocycles. The van der Waals surface area contributed by atoms with E-state index in [9.17, 15) is 0 Å². The highest BCUT2D eigenvalue weighted by Crippen LogP contribution is 2.00. The first-order valence-electron chi connectivity index (χ1n) is 2.45. The Morgan fingerprint density at radius 1 is 1.89 bits per heavy atom. The van der Waals surface area contributed by atoms with Gasteiger partial charge in [0, 0.05) is 6.20 Å². The predicted octanol–water partition coefficient (Wildman–Crippen LogP) is 0.582. The molecule has 0 spiro atoms. The SMILES string of the molecule is OCc1ccnn1[CH]Cl. The van der Waals surface area contributed by atoms with Gasteiger partial charge in [-0.05, 0) is 6.07 Å². The minimum Gasteiger partial charge on any atom is -0.390 e. The van der Waals surface area contributed by atoms with Gasteiger partial charge in [-0.15, -0.1) is 0 Å². The van der Waals surface area contributed by atoms with Crippen LogP contribution in [0.3, 0.4) is 0 Å². The van der Waals surface area contributed by atoms with Crippen molar-refractivity contribution in [3.63, 3.8) is 0 Å². The van der Waals surface area contributed by atoms with Crippen molar-refractivity contribution in [2.24, 2.45) is 0 Å². The van der Waals surface area contributed by atoms with Crippen molar-refractivity contribution in [2.75, 3.05) is 0 Å². The monoisotopic (exact) mass is 145 g/mol. The molecule has 1 radical (unpaired) electrons. The quantitative estimate of drug-likeness (QED) is 0.661. The van der Waals surface area contributed by atoms with Gasteiger partial charge in [-0.2, -0.15) is 5.10 Å². The first-order valence-corrected chi connectivity index (χ1v) is 2.89. The van der Waals surface area contributed by atoms with Gasteiger partial charge in [0.25, 0.3) is 0 Å². The molecule has 49 valence electrons. The summed E-state index contributed by atoms with van der Waals surface area (Å²) >= 11 is 5.32. The number of aliphatic hydroxyl groups excluding tert-OH is 1. The summed E-state index contributed by atoms with van der Waals surface area (Å²) in [6.07, 6.45) is 1.57. The molecule has 1 aromatic rings. The molecule has 0 saturated carbocycles. The van der Waals surface area contributed by atoms with E-state index in [4.69, 9.17) is 16.7 Å². The molecule has 0 aliphatic rings.